The van der Waals surface area contributed by atoms with Crippen LogP contribution in [0.25, 0.3) is 0 Å². The maximum absolute atomic E-state index is 11.9. The van der Waals surface area contributed by atoms with E-state index in [1.54, 1.807) is 37.6 Å². The molecule has 1 aromatic carbocycles. The first kappa shape index (κ1) is 13.7. The lowest BCUT2D eigenvalue weighted by Crippen LogP contribution is -2.16. The molecule has 102 valence electrons. The summed E-state index contributed by atoms with van der Waals surface area (Å²) < 4.78 is 5.22. The molecular formula is C15H15N3O2. The van der Waals surface area contributed by atoms with Gasteiger partial charge in [-0.2, -0.15) is 4.99 Å². The highest BCUT2D eigenvalue weighted by Crippen LogP contribution is 2.18. The summed E-state index contributed by atoms with van der Waals surface area (Å²) in [6.07, 6.45) is 3.05. The molecule has 0 aliphatic rings. The number of methoxy groups -OCH3 is 1. The number of hydrogen-bond acceptors (Lipinski definition) is 3. The van der Waals surface area contributed by atoms with Gasteiger partial charge in [0.1, 0.15) is 11.6 Å². The molecule has 0 fully saturated rings. The molecule has 1 amide bonds. The standard InChI is InChI=1S/C15H15N3O2/c1-10-5-6-11(8-13(10)20-2)14(16)18-15(19)12-4-3-7-17-9-12/h3-9H,1-2H3,(H2,16,18,19). The number of carbonyl (C=O) groups is 1. The SMILES string of the molecule is COc1cc(C(N)=NC(=O)c2cccnc2)ccc1C. The number of rotatable bonds is 3. The van der Waals surface area contributed by atoms with Gasteiger partial charge in [-0.25, -0.2) is 0 Å². The average molecular weight is 269 g/mol. The number of aromatic nitrogens is 1. The lowest BCUT2D eigenvalue weighted by Gasteiger charge is -2.07. The van der Waals surface area contributed by atoms with Gasteiger partial charge in [0.15, 0.2) is 0 Å². The van der Waals surface area contributed by atoms with Crippen molar-refractivity contribution in [2.24, 2.45) is 10.7 Å². The minimum atomic E-state index is -0.421. The largest absolute Gasteiger partial charge is 0.496 e. The van der Waals surface area contributed by atoms with E-state index >= 15 is 0 Å². The van der Waals surface area contributed by atoms with Crippen LogP contribution in [0, 0.1) is 6.92 Å². The van der Waals surface area contributed by atoms with Gasteiger partial charge in [-0.15, -0.1) is 0 Å². The van der Waals surface area contributed by atoms with Crippen molar-refractivity contribution in [3.8, 4) is 5.75 Å². The fourth-order valence-corrected chi connectivity index (χ4v) is 1.71. The van der Waals surface area contributed by atoms with Crippen molar-refractivity contribution in [3.63, 3.8) is 0 Å². The Balaban J connectivity index is 2.29. The molecule has 0 bridgehead atoms. The third-order valence-corrected chi connectivity index (χ3v) is 2.83. The zero-order valence-corrected chi connectivity index (χ0v) is 11.3. The van der Waals surface area contributed by atoms with Crippen molar-refractivity contribution >= 4 is 11.7 Å². The summed E-state index contributed by atoms with van der Waals surface area (Å²) in [5.74, 6) is 0.432. The van der Waals surface area contributed by atoms with Crippen LogP contribution in [-0.2, 0) is 0 Å². The highest BCUT2D eigenvalue weighted by atomic mass is 16.5. The van der Waals surface area contributed by atoms with Crippen LogP contribution in [0.3, 0.4) is 0 Å². The molecule has 5 nitrogen and oxygen atoms in total. The quantitative estimate of drug-likeness (QED) is 0.682. The number of carbonyl (C=O) groups excluding carboxylic acids is 1. The number of amides is 1. The fourth-order valence-electron chi connectivity index (χ4n) is 1.71. The van der Waals surface area contributed by atoms with Gasteiger partial charge in [0.2, 0.25) is 0 Å². The Morgan fingerprint density at radius 2 is 2.10 bits per heavy atom. The second-order valence-corrected chi connectivity index (χ2v) is 4.23. The number of nitrogens with two attached hydrogens (primary N) is 1. The van der Waals surface area contributed by atoms with Gasteiger partial charge in [-0.05, 0) is 30.7 Å². The molecule has 20 heavy (non-hydrogen) atoms. The van der Waals surface area contributed by atoms with Gasteiger partial charge in [0.25, 0.3) is 5.91 Å². The van der Waals surface area contributed by atoms with E-state index in [-0.39, 0.29) is 5.84 Å². The maximum Gasteiger partial charge on any atom is 0.280 e. The number of hydrogen-bond donors (Lipinski definition) is 1. The zero-order valence-electron chi connectivity index (χ0n) is 11.3. The summed E-state index contributed by atoms with van der Waals surface area (Å²) in [5, 5.41) is 0. The van der Waals surface area contributed by atoms with E-state index in [9.17, 15) is 4.79 Å². The highest BCUT2D eigenvalue weighted by Gasteiger charge is 2.08. The minimum absolute atomic E-state index is 0.150. The molecule has 5 heteroatoms. The van der Waals surface area contributed by atoms with Crippen LogP contribution >= 0.6 is 0 Å². The third-order valence-electron chi connectivity index (χ3n) is 2.83. The van der Waals surface area contributed by atoms with Crippen LogP contribution < -0.4 is 10.5 Å². The van der Waals surface area contributed by atoms with Crippen molar-refractivity contribution < 1.29 is 9.53 Å². The Morgan fingerprint density at radius 1 is 1.30 bits per heavy atom. The Hall–Kier alpha value is -2.69. The van der Waals surface area contributed by atoms with Crippen LogP contribution in [0.2, 0.25) is 0 Å². The van der Waals surface area contributed by atoms with E-state index in [0.29, 0.717) is 16.9 Å². The molecule has 0 spiro atoms. The summed E-state index contributed by atoms with van der Waals surface area (Å²) in [5.41, 5.74) is 7.89. The number of nitrogens with zero attached hydrogens (tertiary/aromatic N) is 2. The topological polar surface area (TPSA) is 77.6 Å². The molecule has 1 aromatic heterocycles. The molecule has 0 atom stereocenters. The van der Waals surface area contributed by atoms with Crippen LogP contribution in [0.1, 0.15) is 21.5 Å². The van der Waals surface area contributed by atoms with Crippen molar-refractivity contribution in [3.05, 3.63) is 59.4 Å². The molecule has 1 heterocycles. The van der Waals surface area contributed by atoms with Gasteiger partial charge >= 0.3 is 0 Å². The van der Waals surface area contributed by atoms with Crippen LogP contribution in [0.4, 0.5) is 0 Å². The predicted octanol–water partition coefficient (Wildman–Crippen LogP) is 1.94. The monoisotopic (exact) mass is 269 g/mol. The number of pyridine rings is 1. The van der Waals surface area contributed by atoms with Crippen molar-refractivity contribution in [1.29, 1.82) is 0 Å². The van der Waals surface area contributed by atoms with Gasteiger partial charge in [-0.1, -0.05) is 12.1 Å². The lowest BCUT2D eigenvalue weighted by molar-refractivity contribution is 0.100. The smallest absolute Gasteiger partial charge is 0.280 e. The number of benzene rings is 1. The molecule has 0 aliphatic heterocycles. The molecule has 0 saturated carbocycles. The van der Waals surface area contributed by atoms with Gasteiger partial charge in [-0.3, -0.25) is 9.78 Å². The first-order chi connectivity index (χ1) is 9.61. The van der Waals surface area contributed by atoms with Gasteiger partial charge < -0.3 is 10.5 Å². The summed E-state index contributed by atoms with van der Waals surface area (Å²) in [6, 6.07) is 8.73. The first-order valence-corrected chi connectivity index (χ1v) is 6.05. The second kappa shape index (κ2) is 5.97. The first-order valence-electron chi connectivity index (χ1n) is 6.05. The molecule has 0 unspecified atom stereocenters. The van der Waals surface area contributed by atoms with Crippen LogP contribution in [0.5, 0.6) is 5.75 Å². The van der Waals surface area contributed by atoms with E-state index in [4.69, 9.17) is 10.5 Å². The number of ether oxygens (including phenoxy) is 1. The average Bonchev–Trinajstić information content (AvgIpc) is 2.48. The lowest BCUT2D eigenvalue weighted by atomic mass is 10.1. The normalized spacial score (nSPS) is 11.2. The van der Waals surface area contributed by atoms with Crippen molar-refractivity contribution in [2.75, 3.05) is 7.11 Å². The molecule has 2 N–H and O–H groups in total. The van der Waals surface area contributed by atoms with E-state index in [2.05, 4.69) is 9.98 Å². The van der Waals surface area contributed by atoms with Crippen LogP contribution in [-0.4, -0.2) is 23.8 Å². The second-order valence-electron chi connectivity index (χ2n) is 4.23. The van der Waals surface area contributed by atoms with Gasteiger partial charge in [0.05, 0.1) is 12.7 Å². The van der Waals surface area contributed by atoms with E-state index in [1.165, 1.54) is 6.20 Å². The van der Waals surface area contributed by atoms with Crippen molar-refractivity contribution in [1.82, 2.24) is 4.98 Å². The summed E-state index contributed by atoms with van der Waals surface area (Å²) in [4.78, 5) is 19.7. The van der Waals surface area contributed by atoms with E-state index < -0.39 is 5.91 Å². The van der Waals surface area contributed by atoms with Crippen LogP contribution in [0.15, 0.2) is 47.7 Å². The fraction of sp³-hybridized carbons (Fsp3) is 0.133. The summed E-state index contributed by atoms with van der Waals surface area (Å²) in [7, 11) is 1.58. The number of amidine groups is 1. The van der Waals surface area contributed by atoms with Crippen molar-refractivity contribution in [2.45, 2.75) is 6.92 Å². The molecule has 2 aromatic rings. The number of aryl methyl sites for hydroxylation is 1. The number of aliphatic imine (C=N–C) groups is 1. The van der Waals surface area contributed by atoms with E-state index in [1.807, 2.05) is 13.0 Å². The van der Waals surface area contributed by atoms with E-state index in [0.717, 1.165) is 5.56 Å². The Bertz CT molecular complexity index is 651. The highest BCUT2D eigenvalue weighted by molar-refractivity contribution is 6.08. The molecule has 2 rings (SSSR count). The zero-order chi connectivity index (χ0) is 14.5. The molecular weight excluding hydrogens is 254 g/mol. The minimum Gasteiger partial charge on any atom is -0.496 e. The molecule has 0 saturated heterocycles. The summed E-state index contributed by atoms with van der Waals surface area (Å²) >= 11 is 0. The Kier molecular flexibility index (Phi) is 4.10. The molecule has 0 radical (unpaired) electrons. The Morgan fingerprint density at radius 3 is 2.75 bits per heavy atom. The Labute approximate surface area is 117 Å². The summed E-state index contributed by atoms with van der Waals surface area (Å²) in [6.45, 7) is 1.93. The molecule has 0 aliphatic carbocycles. The third kappa shape index (κ3) is 3.00. The predicted molar refractivity (Wildman–Crippen MR) is 77.0 cm³/mol. The maximum atomic E-state index is 11.9. The van der Waals surface area contributed by atoms with Gasteiger partial charge in [0, 0.05) is 18.0 Å².